The molecule has 2 rings (SSSR count). The monoisotopic (exact) mass is 295 g/mol. The molecule has 3 N–H and O–H groups in total. The van der Waals surface area contributed by atoms with Crippen molar-refractivity contribution >= 4 is 5.97 Å². The summed E-state index contributed by atoms with van der Waals surface area (Å²) in [6, 6.07) is 0. The standard InChI is InChI=1S/C15H25N3O3/c1-3-13-12(9-18(2)17-13)8-16-10-15(21)6-4-11(5-7-15)14(19)20/h9,11,16,21H,3-8,10H2,1-2H3,(H,19,20). The lowest BCUT2D eigenvalue weighted by atomic mass is 9.79. The van der Waals surface area contributed by atoms with Gasteiger partial charge in [0.2, 0.25) is 0 Å². The Morgan fingerprint density at radius 3 is 2.76 bits per heavy atom. The zero-order valence-electron chi connectivity index (χ0n) is 12.8. The van der Waals surface area contributed by atoms with E-state index in [1.165, 1.54) is 0 Å². The minimum absolute atomic E-state index is 0.296. The van der Waals surface area contributed by atoms with Crippen LogP contribution in [0.1, 0.15) is 43.9 Å². The van der Waals surface area contributed by atoms with Crippen molar-refractivity contribution in [1.82, 2.24) is 15.1 Å². The van der Waals surface area contributed by atoms with Crippen LogP contribution in [0.3, 0.4) is 0 Å². The highest BCUT2D eigenvalue weighted by Crippen LogP contribution is 2.31. The largest absolute Gasteiger partial charge is 0.481 e. The number of nitrogens with one attached hydrogen (secondary N) is 1. The number of carboxylic acids is 1. The number of rotatable bonds is 6. The summed E-state index contributed by atoms with van der Waals surface area (Å²) in [5, 5.41) is 27.2. The van der Waals surface area contributed by atoms with Gasteiger partial charge < -0.3 is 15.5 Å². The number of nitrogens with zero attached hydrogens (tertiary/aromatic N) is 2. The molecular weight excluding hydrogens is 270 g/mol. The SMILES string of the molecule is CCc1nn(C)cc1CNCC1(O)CCC(C(=O)O)CC1. The van der Waals surface area contributed by atoms with Gasteiger partial charge in [-0.1, -0.05) is 6.92 Å². The van der Waals surface area contributed by atoms with E-state index in [2.05, 4.69) is 17.3 Å². The number of hydrogen-bond acceptors (Lipinski definition) is 4. The summed E-state index contributed by atoms with van der Waals surface area (Å²) in [4.78, 5) is 10.9. The first-order valence-corrected chi connectivity index (χ1v) is 7.61. The van der Waals surface area contributed by atoms with Gasteiger partial charge in [-0.3, -0.25) is 9.48 Å². The van der Waals surface area contributed by atoms with Crippen LogP contribution >= 0.6 is 0 Å². The second-order valence-electron chi connectivity index (χ2n) is 6.07. The third-order valence-corrected chi connectivity index (χ3v) is 4.36. The van der Waals surface area contributed by atoms with Crippen LogP contribution in [-0.4, -0.2) is 38.1 Å². The van der Waals surface area contributed by atoms with Crippen molar-refractivity contribution in [1.29, 1.82) is 0 Å². The van der Waals surface area contributed by atoms with Crippen molar-refractivity contribution in [3.05, 3.63) is 17.5 Å². The molecule has 1 saturated carbocycles. The van der Waals surface area contributed by atoms with Gasteiger partial charge in [0.15, 0.2) is 0 Å². The summed E-state index contributed by atoms with van der Waals surface area (Å²) in [5.74, 6) is -1.04. The predicted molar refractivity (Wildman–Crippen MR) is 78.8 cm³/mol. The molecule has 1 aromatic heterocycles. The molecule has 21 heavy (non-hydrogen) atoms. The van der Waals surface area contributed by atoms with Gasteiger partial charge in [-0.2, -0.15) is 5.10 Å². The lowest BCUT2D eigenvalue weighted by Gasteiger charge is -2.34. The summed E-state index contributed by atoms with van der Waals surface area (Å²) < 4.78 is 1.81. The maximum Gasteiger partial charge on any atom is 0.306 e. The number of carboxylic acid groups (broad SMARTS) is 1. The van der Waals surface area contributed by atoms with Crippen LogP contribution in [0.5, 0.6) is 0 Å². The minimum atomic E-state index is -0.777. The molecule has 0 aromatic carbocycles. The molecule has 0 spiro atoms. The van der Waals surface area contributed by atoms with Gasteiger partial charge in [0.1, 0.15) is 0 Å². The molecule has 0 aliphatic heterocycles. The number of aryl methyl sites for hydroxylation is 2. The lowest BCUT2D eigenvalue weighted by molar-refractivity contribution is -0.144. The molecule has 6 heteroatoms. The van der Waals surface area contributed by atoms with Crippen molar-refractivity contribution in [2.24, 2.45) is 13.0 Å². The molecule has 0 amide bonds. The van der Waals surface area contributed by atoms with Gasteiger partial charge in [-0.25, -0.2) is 0 Å². The van der Waals surface area contributed by atoms with Crippen LogP contribution in [0, 0.1) is 5.92 Å². The van der Waals surface area contributed by atoms with Crippen molar-refractivity contribution in [3.63, 3.8) is 0 Å². The first-order chi connectivity index (χ1) is 9.93. The van der Waals surface area contributed by atoms with E-state index in [0.717, 1.165) is 17.7 Å². The van der Waals surface area contributed by atoms with Gasteiger partial charge in [-0.15, -0.1) is 0 Å². The van der Waals surface area contributed by atoms with E-state index < -0.39 is 11.6 Å². The quantitative estimate of drug-likeness (QED) is 0.731. The molecule has 1 aliphatic rings. The summed E-state index contributed by atoms with van der Waals surface area (Å²) in [6.07, 6.45) is 5.09. The molecule has 1 aliphatic carbocycles. The van der Waals surface area contributed by atoms with E-state index in [4.69, 9.17) is 5.11 Å². The van der Waals surface area contributed by atoms with Crippen LogP contribution in [0.2, 0.25) is 0 Å². The summed E-state index contributed by atoms with van der Waals surface area (Å²) in [6.45, 7) is 3.26. The van der Waals surface area contributed by atoms with E-state index in [9.17, 15) is 9.90 Å². The van der Waals surface area contributed by atoms with Crippen LogP contribution in [0.4, 0.5) is 0 Å². The predicted octanol–water partition coefficient (Wildman–Crippen LogP) is 1.08. The Balaban J connectivity index is 1.82. The number of aliphatic carboxylic acids is 1. The Labute approximate surface area is 125 Å². The first-order valence-electron chi connectivity index (χ1n) is 7.61. The molecule has 0 saturated heterocycles. The normalized spacial score (nSPS) is 26.0. The molecular formula is C15H25N3O3. The van der Waals surface area contributed by atoms with Gasteiger partial charge in [0, 0.05) is 31.9 Å². The lowest BCUT2D eigenvalue weighted by Crippen LogP contribution is -2.44. The second kappa shape index (κ2) is 6.58. The summed E-state index contributed by atoms with van der Waals surface area (Å²) in [7, 11) is 1.91. The number of carbonyl (C=O) groups is 1. The van der Waals surface area contributed by atoms with E-state index in [0.29, 0.717) is 38.8 Å². The highest BCUT2D eigenvalue weighted by Gasteiger charge is 2.35. The van der Waals surface area contributed by atoms with Crippen molar-refractivity contribution in [3.8, 4) is 0 Å². The third-order valence-electron chi connectivity index (χ3n) is 4.36. The molecule has 0 bridgehead atoms. The van der Waals surface area contributed by atoms with Gasteiger partial charge in [-0.05, 0) is 32.1 Å². The molecule has 1 aromatic rings. The average molecular weight is 295 g/mol. The fraction of sp³-hybridized carbons (Fsp3) is 0.733. The Kier molecular flexibility index (Phi) is 5.00. The summed E-state index contributed by atoms with van der Waals surface area (Å²) >= 11 is 0. The van der Waals surface area contributed by atoms with E-state index >= 15 is 0 Å². The van der Waals surface area contributed by atoms with E-state index in [-0.39, 0.29) is 5.92 Å². The smallest absolute Gasteiger partial charge is 0.306 e. The number of hydrogen-bond donors (Lipinski definition) is 3. The number of aromatic nitrogens is 2. The fourth-order valence-electron chi connectivity index (χ4n) is 3.04. The van der Waals surface area contributed by atoms with Crippen LogP contribution in [-0.2, 0) is 24.8 Å². The molecule has 6 nitrogen and oxygen atoms in total. The van der Waals surface area contributed by atoms with E-state index in [1.807, 2.05) is 17.9 Å². The summed E-state index contributed by atoms with van der Waals surface area (Å²) in [5.41, 5.74) is 1.45. The first kappa shape index (κ1) is 16.0. The van der Waals surface area contributed by atoms with E-state index in [1.54, 1.807) is 0 Å². The Bertz CT molecular complexity index is 490. The maximum atomic E-state index is 10.9. The zero-order chi connectivity index (χ0) is 15.5. The topological polar surface area (TPSA) is 87.4 Å². The zero-order valence-corrected chi connectivity index (χ0v) is 12.8. The molecule has 1 fully saturated rings. The maximum absolute atomic E-state index is 10.9. The van der Waals surface area contributed by atoms with Crippen LogP contribution in [0.15, 0.2) is 6.20 Å². The number of aliphatic hydroxyl groups is 1. The molecule has 0 radical (unpaired) electrons. The third kappa shape index (κ3) is 4.04. The highest BCUT2D eigenvalue weighted by atomic mass is 16.4. The molecule has 118 valence electrons. The molecule has 1 heterocycles. The van der Waals surface area contributed by atoms with Crippen molar-refractivity contribution in [2.45, 2.75) is 51.2 Å². The highest BCUT2D eigenvalue weighted by molar-refractivity contribution is 5.70. The van der Waals surface area contributed by atoms with Gasteiger partial charge >= 0.3 is 5.97 Å². The van der Waals surface area contributed by atoms with Gasteiger partial charge in [0.05, 0.1) is 17.2 Å². The molecule has 0 atom stereocenters. The van der Waals surface area contributed by atoms with Gasteiger partial charge in [0.25, 0.3) is 0 Å². The Morgan fingerprint density at radius 2 is 2.19 bits per heavy atom. The minimum Gasteiger partial charge on any atom is -0.481 e. The Morgan fingerprint density at radius 1 is 1.52 bits per heavy atom. The van der Waals surface area contributed by atoms with Crippen LogP contribution in [0.25, 0.3) is 0 Å². The molecule has 0 unspecified atom stereocenters. The van der Waals surface area contributed by atoms with Crippen molar-refractivity contribution in [2.75, 3.05) is 6.54 Å². The van der Waals surface area contributed by atoms with Crippen LogP contribution < -0.4 is 5.32 Å². The fourth-order valence-corrected chi connectivity index (χ4v) is 3.04. The Hall–Kier alpha value is -1.40. The van der Waals surface area contributed by atoms with Crippen molar-refractivity contribution < 1.29 is 15.0 Å². The average Bonchev–Trinajstić information content (AvgIpc) is 2.79. The second-order valence-corrected chi connectivity index (χ2v) is 6.07.